The molecule has 2 N–H and O–H groups in total. The van der Waals surface area contributed by atoms with Crippen LogP contribution < -0.4 is 16.1 Å². The third-order valence-corrected chi connectivity index (χ3v) is 10.7. The van der Waals surface area contributed by atoms with Crippen molar-refractivity contribution in [3.05, 3.63) is 71.5 Å². The minimum atomic E-state index is -2.56. The Labute approximate surface area is 166 Å². The van der Waals surface area contributed by atoms with Crippen LogP contribution in [0, 0.1) is 6.92 Å². The summed E-state index contributed by atoms with van der Waals surface area (Å²) in [5.74, 6) is 0.760. The molecule has 0 saturated carbocycles. The predicted octanol–water partition coefficient (Wildman–Crippen LogP) is 3.42. The molecule has 6 heteroatoms. The van der Waals surface area contributed by atoms with E-state index in [0.29, 0.717) is 6.61 Å². The normalized spacial score (nSPS) is 13.5. The van der Waals surface area contributed by atoms with Crippen molar-refractivity contribution < 1.29 is 4.43 Å². The van der Waals surface area contributed by atoms with Crippen LogP contribution in [0.5, 0.6) is 0 Å². The van der Waals surface area contributed by atoms with E-state index < -0.39 is 8.32 Å². The third-order valence-electron chi connectivity index (χ3n) is 4.76. The van der Waals surface area contributed by atoms with Crippen molar-refractivity contribution in [2.24, 2.45) is 5.73 Å². The standard InChI is InChI=1S/C21H27N3OSSi/c1-16-23-20(26-24-16)19(22)15-25-27(21(2,3)4,17-11-7-5-8-12-17)18-13-9-6-10-14-18/h5-14,19H,15,22H2,1-4H3. The summed E-state index contributed by atoms with van der Waals surface area (Å²) in [5.41, 5.74) is 6.42. The molecule has 0 bridgehead atoms. The Morgan fingerprint density at radius 1 is 1.00 bits per heavy atom. The van der Waals surface area contributed by atoms with Gasteiger partial charge in [0.05, 0.1) is 12.6 Å². The van der Waals surface area contributed by atoms with E-state index in [9.17, 15) is 0 Å². The lowest BCUT2D eigenvalue weighted by atomic mass is 10.2. The van der Waals surface area contributed by atoms with Crippen LogP contribution in [0.3, 0.4) is 0 Å². The minimum Gasteiger partial charge on any atom is -0.405 e. The maximum absolute atomic E-state index is 6.84. The summed E-state index contributed by atoms with van der Waals surface area (Å²) in [7, 11) is -2.56. The summed E-state index contributed by atoms with van der Waals surface area (Å²) in [6.45, 7) is 9.09. The Hall–Kier alpha value is -1.86. The van der Waals surface area contributed by atoms with Gasteiger partial charge in [0, 0.05) is 0 Å². The molecule has 1 unspecified atom stereocenters. The highest BCUT2D eigenvalue weighted by molar-refractivity contribution is 7.05. The van der Waals surface area contributed by atoms with Crippen LogP contribution in [0.2, 0.25) is 5.04 Å². The van der Waals surface area contributed by atoms with E-state index in [4.69, 9.17) is 10.2 Å². The zero-order chi connectivity index (χ0) is 19.5. The van der Waals surface area contributed by atoms with Crippen LogP contribution in [-0.2, 0) is 4.43 Å². The number of aryl methyl sites for hydroxylation is 1. The summed E-state index contributed by atoms with van der Waals surface area (Å²) in [6, 6.07) is 20.9. The highest BCUT2D eigenvalue weighted by Crippen LogP contribution is 2.37. The van der Waals surface area contributed by atoms with Crippen LogP contribution in [0.4, 0.5) is 0 Å². The van der Waals surface area contributed by atoms with Crippen molar-refractivity contribution in [2.75, 3.05) is 6.61 Å². The first-order chi connectivity index (χ1) is 12.8. The number of nitrogens with zero attached hydrogens (tertiary/aromatic N) is 2. The van der Waals surface area contributed by atoms with Crippen LogP contribution in [-0.4, -0.2) is 24.3 Å². The zero-order valence-electron chi connectivity index (χ0n) is 16.3. The van der Waals surface area contributed by atoms with Crippen molar-refractivity contribution in [3.8, 4) is 0 Å². The molecular weight excluding hydrogens is 370 g/mol. The van der Waals surface area contributed by atoms with Gasteiger partial charge in [-0.05, 0) is 33.9 Å². The average Bonchev–Trinajstić information content (AvgIpc) is 3.09. The summed E-state index contributed by atoms with van der Waals surface area (Å²) in [5, 5.41) is 3.27. The quantitative estimate of drug-likeness (QED) is 0.648. The Morgan fingerprint density at radius 2 is 1.52 bits per heavy atom. The first kappa shape index (κ1) is 19.9. The molecule has 1 aromatic heterocycles. The molecule has 0 fully saturated rings. The molecule has 27 heavy (non-hydrogen) atoms. The van der Waals surface area contributed by atoms with Gasteiger partial charge in [-0.1, -0.05) is 81.4 Å². The third kappa shape index (κ3) is 4.04. The molecule has 0 aliphatic heterocycles. The second-order valence-electron chi connectivity index (χ2n) is 7.76. The fraction of sp³-hybridized carbons (Fsp3) is 0.333. The SMILES string of the molecule is Cc1nsc(C(N)CO[Si](c2ccccc2)(c2ccccc2)C(C)(C)C)n1. The van der Waals surface area contributed by atoms with E-state index >= 15 is 0 Å². The summed E-state index contributed by atoms with van der Waals surface area (Å²) in [6.07, 6.45) is 0. The highest BCUT2D eigenvalue weighted by Gasteiger charge is 2.50. The van der Waals surface area contributed by atoms with E-state index in [1.54, 1.807) is 0 Å². The number of rotatable bonds is 6. The fourth-order valence-electron chi connectivity index (χ4n) is 3.51. The second kappa shape index (κ2) is 8.02. The molecule has 0 spiro atoms. The molecular formula is C21H27N3OSSi. The Balaban J connectivity index is 2.04. The van der Waals surface area contributed by atoms with Crippen LogP contribution >= 0.6 is 11.5 Å². The molecule has 1 atom stereocenters. The predicted molar refractivity (Wildman–Crippen MR) is 115 cm³/mol. The molecule has 2 aromatic carbocycles. The molecule has 3 rings (SSSR count). The maximum atomic E-state index is 6.84. The van der Waals surface area contributed by atoms with Crippen LogP contribution in [0.15, 0.2) is 60.7 Å². The van der Waals surface area contributed by atoms with Gasteiger partial charge < -0.3 is 10.2 Å². The molecule has 1 heterocycles. The number of nitrogens with two attached hydrogens (primary N) is 1. The molecule has 0 amide bonds. The lowest BCUT2D eigenvalue weighted by molar-refractivity contribution is 0.273. The first-order valence-corrected chi connectivity index (χ1v) is 11.8. The Bertz CT molecular complexity index is 822. The molecule has 0 aliphatic rings. The van der Waals surface area contributed by atoms with Gasteiger partial charge in [-0.3, -0.25) is 0 Å². The fourth-order valence-corrected chi connectivity index (χ4v) is 8.74. The lowest BCUT2D eigenvalue weighted by Gasteiger charge is -2.43. The van der Waals surface area contributed by atoms with Crippen LogP contribution in [0.25, 0.3) is 0 Å². The Kier molecular flexibility index (Phi) is 5.91. The molecule has 0 aliphatic carbocycles. The van der Waals surface area contributed by atoms with Gasteiger partial charge in [0.2, 0.25) is 0 Å². The van der Waals surface area contributed by atoms with Gasteiger partial charge in [0.15, 0.2) is 0 Å². The van der Waals surface area contributed by atoms with Crippen LogP contribution in [0.1, 0.15) is 37.6 Å². The van der Waals surface area contributed by atoms with E-state index in [2.05, 4.69) is 78.7 Å². The van der Waals surface area contributed by atoms with E-state index in [0.717, 1.165) is 10.8 Å². The van der Waals surface area contributed by atoms with E-state index in [1.165, 1.54) is 21.9 Å². The van der Waals surface area contributed by atoms with Gasteiger partial charge in [-0.15, -0.1) is 0 Å². The smallest absolute Gasteiger partial charge is 0.261 e. The number of hydrogen-bond donors (Lipinski definition) is 1. The summed E-state index contributed by atoms with van der Waals surface area (Å²) in [4.78, 5) is 4.44. The highest BCUT2D eigenvalue weighted by atomic mass is 32.1. The summed E-state index contributed by atoms with van der Waals surface area (Å²) < 4.78 is 11.1. The topological polar surface area (TPSA) is 61.0 Å². The van der Waals surface area contributed by atoms with Gasteiger partial charge >= 0.3 is 0 Å². The van der Waals surface area contributed by atoms with Crippen molar-refractivity contribution in [2.45, 2.75) is 38.8 Å². The summed E-state index contributed by atoms with van der Waals surface area (Å²) >= 11 is 1.36. The zero-order valence-corrected chi connectivity index (χ0v) is 18.2. The largest absolute Gasteiger partial charge is 0.405 e. The monoisotopic (exact) mass is 397 g/mol. The molecule has 0 saturated heterocycles. The molecule has 142 valence electrons. The van der Waals surface area contributed by atoms with Gasteiger partial charge in [0.1, 0.15) is 10.8 Å². The number of hydrogen-bond acceptors (Lipinski definition) is 5. The lowest BCUT2D eigenvalue weighted by Crippen LogP contribution is -2.67. The minimum absolute atomic E-state index is 0.0630. The van der Waals surface area contributed by atoms with Crippen molar-refractivity contribution in [1.29, 1.82) is 0 Å². The van der Waals surface area contributed by atoms with Gasteiger partial charge in [0.25, 0.3) is 8.32 Å². The van der Waals surface area contributed by atoms with Crippen molar-refractivity contribution >= 4 is 30.2 Å². The number of benzene rings is 2. The molecule has 3 aromatic rings. The van der Waals surface area contributed by atoms with Gasteiger partial charge in [-0.25, -0.2) is 4.98 Å². The van der Waals surface area contributed by atoms with E-state index in [1.807, 2.05) is 19.1 Å². The van der Waals surface area contributed by atoms with E-state index in [-0.39, 0.29) is 11.1 Å². The molecule has 4 nitrogen and oxygen atoms in total. The Morgan fingerprint density at radius 3 is 1.93 bits per heavy atom. The van der Waals surface area contributed by atoms with Gasteiger partial charge in [-0.2, -0.15) is 4.37 Å². The number of aromatic nitrogens is 2. The van der Waals surface area contributed by atoms with Crippen molar-refractivity contribution in [1.82, 2.24) is 9.36 Å². The average molecular weight is 398 g/mol. The maximum Gasteiger partial charge on any atom is 0.261 e. The second-order valence-corrected chi connectivity index (χ2v) is 12.8. The van der Waals surface area contributed by atoms with Crippen molar-refractivity contribution in [3.63, 3.8) is 0 Å². The molecule has 0 radical (unpaired) electrons. The first-order valence-electron chi connectivity index (χ1n) is 9.15.